The van der Waals surface area contributed by atoms with Crippen molar-refractivity contribution >= 4 is 5.70 Å². The van der Waals surface area contributed by atoms with Gasteiger partial charge in [-0.1, -0.05) is 13.2 Å². The van der Waals surface area contributed by atoms with E-state index in [1.807, 2.05) is 0 Å². The maximum Gasteiger partial charge on any atom is 0.407 e. The van der Waals surface area contributed by atoms with Gasteiger partial charge in [0.2, 0.25) is 0 Å². The Morgan fingerprint density at radius 1 is 1.56 bits per heavy atom. The Labute approximate surface area is 103 Å². The summed E-state index contributed by atoms with van der Waals surface area (Å²) in [5, 5.41) is 7.76. The van der Waals surface area contributed by atoms with Crippen LogP contribution in [0.15, 0.2) is 31.5 Å². The maximum absolute atomic E-state index is 12.6. The molecule has 0 aliphatic rings. The highest BCUT2D eigenvalue weighted by atomic mass is 19.4. The molecule has 0 fully saturated rings. The zero-order chi connectivity index (χ0) is 14.1. The number of allylic oxidation sites excluding steroid dienone is 2. The Hall–Kier alpha value is -1.82. The van der Waals surface area contributed by atoms with Gasteiger partial charge in [-0.3, -0.25) is 5.41 Å². The Bertz CT molecular complexity index is 540. The summed E-state index contributed by atoms with van der Waals surface area (Å²) in [5.74, 6) is 0. The molecule has 1 aromatic rings. The van der Waals surface area contributed by atoms with Crippen molar-refractivity contribution in [3.63, 3.8) is 0 Å². The zero-order valence-electron chi connectivity index (χ0n) is 9.88. The second-order valence-electron chi connectivity index (χ2n) is 3.91. The molecule has 0 amide bonds. The van der Waals surface area contributed by atoms with Crippen LogP contribution in [0.5, 0.6) is 0 Å². The SMILES string of the molecule is C=CC(=C)n1cc(C)cc(C(N)C(F)(F)F)c1=N. The number of nitrogens with two attached hydrogens (primary N) is 1. The van der Waals surface area contributed by atoms with Gasteiger partial charge in [-0.25, -0.2) is 0 Å². The summed E-state index contributed by atoms with van der Waals surface area (Å²) >= 11 is 0. The molecule has 0 saturated heterocycles. The summed E-state index contributed by atoms with van der Waals surface area (Å²) in [6, 6.07) is -0.929. The first-order valence-corrected chi connectivity index (χ1v) is 5.10. The summed E-state index contributed by atoms with van der Waals surface area (Å²) in [7, 11) is 0. The Balaban J connectivity index is 3.48. The van der Waals surface area contributed by atoms with Crippen molar-refractivity contribution in [3.8, 4) is 0 Å². The molecule has 0 saturated carbocycles. The molecule has 3 nitrogen and oxygen atoms in total. The number of pyridine rings is 1. The van der Waals surface area contributed by atoms with Crippen LogP contribution < -0.4 is 11.2 Å². The van der Waals surface area contributed by atoms with Crippen LogP contribution in [0.1, 0.15) is 17.2 Å². The van der Waals surface area contributed by atoms with Crippen LogP contribution in [-0.2, 0) is 0 Å². The third-order valence-electron chi connectivity index (χ3n) is 2.46. The fraction of sp³-hybridized carbons (Fsp3) is 0.250. The lowest BCUT2D eigenvalue weighted by atomic mass is 10.1. The lowest BCUT2D eigenvalue weighted by Gasteiger charge is -2.19. The normalized spacial score (nSPS) is 13.2. The number of nitrogens with one attached hydrogen (secondary N) is 1. The largest absolute Gasteiger partial charge is 0.407 e. The molecule has 1 atom stereocenters. The van der Waals surface area contributed by atoms with E-state index in [-0.39, 0.29) is 11.1 Å². The average Bonchev–Trinajstić information content (AvgIpc) is 2.28. The molecule has 6 heteroatoms. The first-order valence-electron chi connectivity index (χ1n) is 5.10. The van der Waals surface area contributed by atoms with Crippen LogP contribution in [0.25, 0.3) is 5.70 Å². The molecule has 0 aliphatic heterocycles. The van der Waals surface area contributed by atoms with Gasteiger partial charge in [-0.05, 0) is 24.6 Å². The van der Waals surface area contributed by atoms with E-state index < -0.39 is 12.2 Å². The van der Waals surface area contributed by atoms with Gasteiger partial charge in [0.25, 0.3) is 0 Å². The van der Waals surface area contributed by atoms with Gasteiger partial charge in [0.05, 0.1) is 0 Å². The van der Waals surface area contributed by atoms with E-state index >= 15 is 0 Å². The van der Waals surface area contributed by atoms with Crippen molar-refractivity contribution < 1.29 is 13.2 Å². The molecule has 1 rings (SSSR count). The molecule has 1 aromatic heterocycles. The van der Waals surface area contributed by atoms with Crippen LogP contribution in [-0.4, -0.2) is 10.7 Å². The van der Waals surface area contributed by atoms with Gasteiger partial charge in [0.1, 0.15) is 11.5 Å². The molecule has 0 bridgehead atoms. The standard InChI is InChI=1S/C12H14F3N3/c1-4-8(3)18-6-7(2)5-9(11(18)17)10(16)12(13,14)15/h4-6,10,17H,1,3,16H2,2H3. The second-order valence-corrected chi connectivity index (χ2v) is 3.91. The van der Waals surface area contributed by atoms with E-state index in [0.29, 0.717) is 11.3 Å². The smallest absolute Gasteiger partial charge is 0.316 e. The lowest BCUT2D eigenvalue weighted by molar-refractivity contribution is -0.149. The molecular weight excluding hydrogens is 243 g/mol. The van der Waals surface area contributed by atoms with Gasteiger partial charge in [-0.15, -0.1) is 0 Å². The minimum atomic E-state index is -4.59. The summed E-state index contributed by atoms with van der Waals surface area (Å²) in [6.07, 6.45) is -1.71. The molecule has 1 unspecified atom stereocenters. The third kappa shape index (κ3) is 2.70. The molecule has 0 radical (unpaired) electrons. The van der Waals surface area contributed by atoms with E-state index in [1.165, 1.54) is 22.9 Å². The molecule has 0 aliphatic carbocycles. The van der Waals surface area contributed by atoms with Crippen molar-refractivity contribution in [2.24, 2.45) is 5.73 Å². The van der Waals surface area contributed by atoms with E-state index in [0.717, 1.165) is 0 Å². The summed E-state index contributed by atoms with van der Waals surface area (Å²) in [6.45, 7) is 8.71. The first kappa shape index (κ1) is 14.2. The highest BCUT2D eigenvalue weighted by Crippen LogP contribution is 2.29. The number of hydrogen-bond acceptors (Lipinski definition) is 2. The van der Waals surface area contributed by atoms with Crippen molar-refractivity contribution in [3.05, 3.63) is 48.1 Å². The van der Waals surface area contributed by atoms with Gasteiger partial charge in [0, 0.05) is 17.5 Å². The van der Waals surface area contributed by atoms with Gasteiger partial charge in [-0.2, -0.15) is 13.2 Å². The number of aryl methyl sites for hydroxylation is 1. The van der Waals surface area contributed by atoms with Gasteiger partial charge in [0.15, 0.2) is 0 Å². The minimum absolute atomic E-state index is 0.287. The van der Waals surface area contributed by atoms with E-state index in [1.54, 1.807) is 6.92 Å². The topological polar surface area (TPSA) is 54.8 Å². The summed E-state index contributed by atoms with van der Waals surface area (Å²) in [5.41, 5.74) is 5.39. The van der Waals surface area contributed by atoms with Crippen LogP contribution in [0.3, 0.4) is 0 Å². The number of hydrogen-bond donors (Lipinski definition) is 2. The van der Waals surface area contributed by atoms with Crippen LogP contribution >= 0.6 is 0 Å². The Morgan fingerprint density at radius 3 is 2.56 bits per heavy atom. The molecule has 0 spiro atoms. The average molecular weight is 257 g/mol. The quantitative estimate of drug-likeness (QED) is 0.803. The number of rotatable bonds is 3. The molecular formula is C12H14F3N3. The summed E-state index contributed by atoms with van der Waals surface area (Å²) < 4.78 is 39.0. The number of aromatic nitrogens is 1. The Kier molecular flexibility index (Phi) is 3.81. The van der Waals surface area contributed by atoms with Gasteiger partial charge >= 0.3 is 6.18 Å². The lowest BCUT2D eigenvalue weighted by Crippen LogP contribution is -2.35. The van der Waals surface area contributed by atoms with Crippen LogP contribution in [0.4, 0.5) is 13.2 Å². The van der Waals surface area contributed by atoms with Gasteiger partial charge < -0.3 is 10.3 Å². The van der Waals surface area contributed by atoms with Crippen LogP contribution in [0, 0.1) is 12.3 Å². The summed E-state index contributed by atoms with van der Waals surface area (Å²) in [4.78, 5) is 0. The third-order valence-corrected chi connectivity index (χ3v) is 2.46. The van der Waals surface area contributed by atoms with Crippen LogP contribution in [0.2, 0.25) is 0 Å². The highest BCUT2D eigenvalue weighted by Gasteiger charge is 2.39. The monoisotopic (exact) mass is 257 g/mol. The fourth-order valence-electron chi connectivity index (χ4n) is 1.50. The van der Waals surface area contributed by atoms with Crippen molar-refractivity contribution in [2.45, 2.75) is 19.1 Å². The number of halogens is 3. The second kappa shape index (κ2) is 4.81. The Morgan fingerprint density at radius 2 is 2.11 bits per heavy atom. The molecule has 18 heavy (non-hydrogen) atoms. The first-order chi connectivity index (χ1) is 8.18. The molecule has 1 heterocycles. The van der Waals surface area contributed by atoms with E-state index in [4.69, 9.17) is 11.1 Å². The van der Waals surface area contributed by atoms with E-state index in [2.05, 4.69) is 13.2 Å². The molecule has 0 aromatic carbocycles. The highest BCUT2D eigenvalue weighted by molar-refractivity contribution is 5.53. The van der Waals surface area contributed by atoms with Crippen molar-refractivity contribution in [2.75, 3.05) is 0 Å². The zero-order valence-corrected chi connectivity index (χ0v) is 9.88. The number of nitrogens with zero attached hydrogens (tertiary/aromatic N) is 1. The van der Waals surface area contributed by atoms with Crippen molar-refractivity contribution in [1.82, 2.24) is 4.57 Å². The molecule has 98 valence electrons. The fourth-order valence-corrected chi connectivity index (χ4v) is 1.50. The minimum Gasteiger partial charge on any atom is -0.316 e. The van der Waals surface area contributed by atoms with E-state index in [9.17, 15) is 13.2 Å². The maximum atomic E-state index is 12.6. The number of alkyl halides is 3. The molecule has 3 N–H and O–H groups in total. The van der Waals surface area contributed by atoms with Crippen molar-refractivity contribution in [1.29, 1.82) is 5.41 Å². The predicted octanol–water partition coefficient (Wildman–Crippen LogP) is 2.49. The predicted molar refractivity (Wildman–Crippen MR) is 63.5 cm³/mol.